The van der Waals surface area contributed by atoms with Gasteiger partial charge in [-0.15, -0.1) is 0 Å². The fourth-order valence-corrected chi connectivity index (χ4v) is 3.40. The molecule has 1 saturated heterocycles. The molecule has 0 aliphatic carbocycles. The minimum Gasteiger partial charge on any atom is -0.379 e. The zero-order chi connectivity index (χ0) is 17.8. The Bertz CT molecular complexity index is 759. The Labute approximate surface area is 153 Å². The van der Waals surface area contributed by atoms with Crippen LogP contribution in [0, 0.1) is 0 Å². The number of carbonyl (C=O) groups is 1. The predicted molar refractivity (Wildman–Crippen MR) is 98.8 cm³/mol. The molecule has 26 heavy (non-hydrogen) atoms. The van der Waals surface area contributed by atoms with Gasteiger partial charge in [0.05, 0.1) is 25.6 Å². The van der Waals surface area contributed by atoms with Gasteiger partial charge < -0.3 is 15.0 Å². The molecular weight excluding hydrogens is 330 g/mol. The largest absolute Gasteiger partial charge is 0.379 e. The van der Waals surface area contributed by atoms with Crippen molar-refractivity contribution in [2.75, 3.05) is 50.8 Å². The van der Waals surface area contributed by atoms with Crippen LogP contribution in [0.15, 0.2) is 36.7 Å². The van der Waals surface area contributed by atoms with Crippen LogP contribution in [0.1, 0.15) is 16.1 Å². The maximum atomic E-state index is 12.2. The molecular formula is C19H23N5O2. The average Bonchev–Trinajstić information content (AvgIpc) is 3.13. The van der Waals surface area contributed by atoms with Crippen LogP contribution in [0.2, 0.25) is 0 Å². The molecule has 7 nitrogen and oxygen atoms in total. The van der Waals surface area contributed by atoms with E-state index in [-0.39, 0.29) is 5.91 Å². The highest BCUT2D eigenvalue weighted by atomic mass is 16.5. The van der Waals surface area contributed by atoms with Crippen LogP contribution >= 0.6 is 0 Å². The van der Waals surface area contributed by atoms with Crippen molar-refractivity contribution in [3.05, 3.63) is 47.9 Å². The number of aromatic nitrogens is 2. The third kappa shape index (κ3) is 3.68. The summed E-state index contributed by atoms with van der Waals surface area (Å²) in [6, 6.07) is 8.31. The summed E-state index contributed by atoms with van der Waals surface area (Å²) in [6.07, 6.45) is 4.24. The number of ether oxygens (including phenoxy) is 1. The Morgan fingerprint density at radius 3 is 2.77 bits per heavy atom. The third-order valence-electron chi connectivity index (χ3n) is 4.85. The molecule has 2 aliphatic rings. The topological polar surface area (TPSA) is 70.6 Å². The summed E-state index contributed by atoms with van der Waals surface area (Å²) >= 11 is 0. The Kier molecular flexibility index (Phi) is 5.08. The van der Waals surface area contributed by atoms with Crippen LogP contribution in [0.4, 0.5) is 11.5 Å². The number of morpholine rings is 1. The van der Waals surface area contributed by atoms with Crippen molar-refractivity contribution in [3.63, 3.8) is 0 Å². The van der Waals surface area contributed by atoms with Crippen molar-refractivity contribution in [2.24, 2.45) is 0 Å². The molecule has 1 aromatic heterocycles. The van der Waals surface area contributed by atoms with Crippen molar-refractivity contribution in [1.82, 2.24) is 20.2 Å². The summed E-state index contributed by atoms with van der Waals surface area (Å²) < 4.78 is 5.32. The lowest BCUT2D eigenvalue weighted by Crippen LogP contribution is -2.41. The van der Waals surface area contributed by atoms with E-state index >= 15 is 0 Å². The number of nitrogens with one attached hydrogen (secondary N) is 1. The molecule has 0 spiro atoms. The van der Waals surface area contributed by atoms with Crippen LogP contribution in [0.5, 0.6) is 0 Å². The van der Waals surface area contributed by atoms with Gasteiger partial charge in [-0.1, -0.05) is 18.2 Å². The van der Waals surface area contributed by atoms with Crippen LogP contribution < -0.4 is 10.2 Å². The number of para-hydroxylation sites is 1. The number of amides is 1. The summed E-state index contributed by atoms with van der Waals surface area (Å²) in [5, 5.41) is 2.91. The maximum absolute atomic E-state index is 12.2. The van der Waals surface area contributed by atoms with Crippen molar-refractivity contribution >= 4 is 17.4 Å². The average molecular weight is 353 g/mol. The first-order valence-corrected chi connectivity index (χ1v) is 9.07. The zero-order valence-electron chi connectivity index (χ0n) is 14.7. The molecule has 1 fully saturated rings. The number of fused-ring (bicyclic) bond motifs is 1. The molecule has 4 rings (SSSR count). The summed E-state index contributed by atoms with van der Waals surface area (Å²) in [5.41, 5.74) is 2.84. The monoisotopic (exact) mass is 353 g/mol. The SMILES string of the molecule is O=C(NCCN1CCOCC1)c1cnc(N2CCc3ccccc32)cn1. The van der Waals surface area contributed by atoms with Crippen LogP contribution in [0.3, 0.4) is 0 Å². The van der Waals surface area contributed by atoms with Gasteiger partial charge in [0.25, 0.3) is 5.91 Å². The molecule has 0 atom stereocenters. The molecule has 3 heterocycles. The van der Waals surface area contributed by atoms with Gasteiger partial charge >= 0.3 is 0 Å². The fourth-order valence-electron chi connectivity index (χ4n) is 3.40. The zero-order valence-corrected chi connectivity index (χ0v) is 14.7. The molecule has 2 aromatic rings. The molecule has 0 bridgehead atoms. The second kappa shape index (κ2) is 7.80. The van der Waals surface area contributed by atoms with E-state index in [4.69, 9.17) is 4.74 Å². The number of nitrogens with zero attached hydrogens (tertiary/aromatic N) is 4. The first-order chi connectivity index (χ1) is 12.8. The summed E-state index contributed by atoms with van der Waals surface area (Å²) in [7, 11) is 0. The molecule has 136 valence electrons. The van der Waals surface area contributed by atoms with Crippen molar-refractivity contribution < 1.29 is 9.53 Å². The Hall–Kier alpha value is -2.51. The van der Waals surface area contributed by atoms with Crippen LogP contribution in [0.25, 0.3) is 0 Å². The van der Waals surface area contributed by atoms with Crippen LogP contribution in [-0.4, -0.2) is 66.7 Å². The van der Waals surface area contributed by atoms with E-state index in [9.17, 15) is 4.79 Å². The van der Waals surface area contributed by atoms with Gasteiger partial charge in [0, 0.05) is 38.4 Å². The van der Waals surface area contributed by atoms with Crippen molar-refractivity contribution in [2.45, 2.75) is 6.42 Å². The molecule has 1 amide bonds. The molecule has 7 heteroatoms. The standard InChI is InChI=1S/C19H23N5O2/c25-19(20-6-8-23-9-11-26-12-10-23)16-13-22-18(14-21-16)24-7-5-15-3-1-2-4-17(15)24/h1-4,13-14H,5-12H2,(H,20,25). The van der Waals surface area contributed by atoms with Crippen molar-refractivity contribution in [1.29, 1.82) is 0 Å². The second-order valence-corrected chi connectivity index (χ2v) is 6.50. The van der Waals surface area contributed by atoms with Gasteiger partial charge in [-0.05, 0) is 18.1 Å². The highest BCUT2D eigenvalue weighted by Gasteiger charge is 2.21. The number of benzene rings is 1. The summed E-state index contributed by atoms with van der Waals surface area (Å²) in [4.78, 5) is 25.4. The minimum atomic E-state index is -0.181. The molecule has 0 radical (unpaired) electrons. The van der Waals surface area contributed by atoms with E-state index in [1.807, 2.05) is 6.07 Å². The Morgan fingerprint density at radius 2 is 1.96 bits per heavy atom. The van der Waals surface area contributed by atoms with Gasteiger partial charge in [0.1, 0.15) is 5.69 Å². The van der Waals surface area contributed by atoms with E-state index in [2.05, 4.69) is 43.3 Å². The van der Waals surface area contributed by atoms with Gasteiger partial charge in [-0.3, -0.25) is 9.69 Å². The van der Waals surface area contributed by atoms with E-state index in [0.717, 1.165) is 51.6 Å². The molecule has 2 aliphatic heterocycles. The molecule has 1 aromatic carbocycles. The lowest BCUT2D eigenvalue weighted by Gasteiger charge is -2.26. The third-order valence-corrected chi connectivity index (χ3v) is 4.85. The molecule has 0 unspecified atom stereocenters. The number of rotatable bonds is 5. The lowest BCUT2D eigenvalue weighted by atomic mass is 10.2. The Balaban J connectivity index is 1.33. The first-order valence-electron chi connectivity index (χ1n) is 9.07. The smallest absolute Gasteiger partial charge is 0.271 e. The summed E-state index contributed by atoms with van der Waals surface area (Å²) in [5.74, 6) is 0.596. The van der Waals surface area contributed by atoms with Gasteiger partial charge in [-0.25, -0.2) is 9.97 Å². The quantitative estimate of drug-likeness (QED) is 0.872. The van der Waals surface area contributed by atoms with E-state index in [1.165, 1.54) is 11.3 Å². The maximum Gasteiger partial charge on any atom is 0.271 e. The highest BCUT2D eigenvalue weighted by Crippen LogP contribution is 2.32. The highest BCUT2D eigenvalue weighted by molar-refractivity contribution is 5.92. The Morgan fingerprint density at radius 1 is 1.12 bits per heavy atom. The minimum absolute atomic E-state index is 0.181. The van der Waals surface area contributed by atoms with E-state index in [1.54, 1.807) is 12.4 Å². The van der Waals surface area contributed by atoms with Gasteiger partial charge in [-0.2, -0.15) is 0 Å². The number of hydrogen-bond donors (Lipinski definition) is 1. The van der Waals surface area contributed by atoms with Crippen LogP contribution in [-0.2, 0) is 11.2 Å². The van der Waals surface area contributed by atoms with E-state index in [0.29, 0.717) is 12.2 Å². The first kappa shape index (κ1) is 16.9. The number of carbonyl (C=O) groups excluding carboxylic acids is 1. The normalized spacial score (nSPS) is 17.2. The van der Waals surface area contributed by atoms with E-state index < -0.39 is 0 Å². The number of hydrogen-bond acceptors (Lipinski definition) is 6. The predicted octanol–water partition coefficient (Wildman–Crippen LogP) is 1.23. The summed E-state index contributed by atoms with van der Waals surface area (Å²) in [6.45, 7) is 5.68. The second-order valence-electron chi connectivity index (χ2n) is 6.50. The van der Waals surface area contributed by atoms with Crippen molar-refractivity contribution in [3.8, 4) is 0 Å². The molecule has 0 saturated carbocycles. The fraction of sp³-hybridized carbons (Fsp3) is 0.421. The number of anilines is 2. The van der Waals surface area contributed by atoms with Gasteiger partial charge in [0.2, 0.25) is 0 Å². The van der Waals surface area contributed by atoms with Gasteiger partial charge in [0.15, 0.2) is 5.82 Å². The molecule has 1 N–H and O–H groups in total. The lowest BCUT2D eigenvalue weighted by molar-refractivity contribution is 0.0383.